The summed E-state index contributed by atoms with van der Waals surface area (Å²) in [4.78, 5) is 12.0. The summed E-state index contributed by atoms with van der Waals surface area (Å²) in [6.07, 6.45) is -0.547. The minimum Gasteiger partial charge on any atom is -0.426 e. The van der Waals surface area contributed by atoms with Crippen LogP contribution in [0.3, 0.4) is 0 Å². The Morgan fingerprint density at radius 2 is 0.812 bits per heavy atom. The third-order valence-corrected chi connectivity index (χ3v) is 9.96. The maximum Gasteiger partial charge on any atom is 0.395 e. The molecule has 0 aliphatic carbocycles. The van der Waals surface area contributed by atoms with Crippen LogP contribution >= 0.6 is 8.60 Å². The van der Waals surface area contributed by atoms with Gasteiger partial charge < -0.3 is 9.42 Å². The highest BCUT2D eigenvalue weighted by Gasteiger charge is 2.35. The van der Waals surface area contributed by atoms with Crippen molar-refractivity contribution in [3.63, 3.8) is 0 Å². The third-order valence-electron chi connectivity index (χ3n) is 9.23. The van der Waals surface area contributed by atoms with Crippen LogP contribution in [0.5, 0.6) is 5.75 Å². The van der Waals surface area contributed by atoms with Gasteiger partial charge in [-0.3, -0.25) is 4.52 Å². The van der Waals surface area contributed by atoms with E-state index in [0.717, 1.165) is 28.0 Å². The van der Waals surface area contributed by atoms with Gasteiger partial charge in [0.15, 0.2) is 0 Å². The molecule has 0 aliphatic heterocycles. The Balaban J connectivity index is 2.36. The molecular formula is C44H67O3P. The second-order valence-electron chi connectivity index (χ2n) is 20.1. The molecule has 0 fully saturated rings. The number of hydrogen-bond donors (Lipinski definition) is 1. The summed E-state index contributed by atoms with van der Waals surface area (Å²) in [5.74, 6) is 0.728. The number of hydrogen-bond acceptors (Lipinski definition) is 3. The van der Waals surface area contributed by atoms with Gasteiger partial charge in [0, 0.05) is 11.1 Å². The van der Waals surface area contributed by atoms with E-state index >= 15 is 0 Å². The maximum atomic E-state index is 12.0. The highest BCUT2D eigenvalue weighted by Crippen LogP contribution is 2.51. The standard InChI is InChI=1S/C44H67O3P/c1-28-24-35(43(14,15)16)38(36(25-28)44(17,18)19)47-48(45)46-37(31-22-20-29(39(2,3)4)26-33(31)41(8,9)10)32-23-21-30(40(5,6)7)27-34(32)42(11,12)13/h20-27,37,45H,1-19H3. The molecule has 0 aromatic heterocycles. The molecule has 1 unspecified atom stereocenters. The first kappa shape index (κ1) is 40.2. The Labute approximate surface area is 296 Å². The minimum absolute atomic E-state index is 0.00925. The van der Waals surface area contributed by atoms with E-state index in [9.17, 15) is 4.89 Å². The molecule has 0 amide bonds. The molecule has 3 aromatic rings. The fourth-order valence-corrected chi connectivity index (χ4v) is 7.06. The first-order valence-corrected chi connectivity index (χ1v) is 18.8. The van der Waals surface area contributed by atoms with Crippen molar-refractivity contribution >= 4 is 8.60 Å². The van der Waals surface area contributed by atoms with Crippen molar-refractivity contribution in [2.45, 2.75) is 170 Å². The molecule has 3 nitrogen and oxygen atoms in total. The van der Waals surface area contributed by atoms with E-state index in [1.807, 2.05) is 0 Å². The maximum absolute atomic E-state index is 12.0. The average molecular weight is 675 g/mol. The highest BCUT2D eigenvalue weighted by atomic mass is 31.2. The summed E-state index contributed by atoms with van der Waals surface area (Å²) in [5.41, 5.74) is 9.69. The van der Waals surface area contributed by atoms with E-state index in [4.69, 9.17) is 9.05 Å². The fraction of sp³-hybridized carbons (Fsp3) is 0.591. The average Bonchev–Trinajstić information content (AvgIpc) is 2.88. The SMILES string of the molecule is Cc1cc(C(C)(C)C)c(OP(O)OC(c2ccc(C(C)(C)C)cc2C(C)(C)C)c2ccc(C(C)(C)C)cc2C(C)(C)C)c(C(C)(C)C)c1. The molecule has 1 atom stereocenters. The second kappa shape index (κ2) is 13.5. The fourth-order valence-electron chi connectivity index (χ4n) is 6.26. The van der Waals surface area contributed by atoms with Crippen molar-refractivity contribution in [2.24, 2.45) is 0 Å². The van der Waals surface area contributed by atoms with E-state index in [2.05, 4.69) is 180 Å². The van der Waals surface area contributed by atoms with Gasteiger partial charge in [-0.1, -0.05) is 179 Å². The molecule has 4 heteroatoms. The molecule has 0 radical (unpaired) electrons. The quantitative estimate of drug-likeness (QED) is 0.265. The molecule has 3 aromatic carbocycles. The molecule has 266 valence electrons. The molecule has 1 N–H and O–H groups in total. The minimum atomic E-state index is -2.34. The molecular weight excluding hydrogens is 607 g/mol. The first-order chi connectivity index (χ1) is 21.4. The Morgan fingerprint density at radius 3 is 1.10 bits per heavy atom. The summed E-state index contributed by atoms with van der Waals surface area (Å²) in [6, 6.07) is 18.0. The summed E-state index contributed by atoms with van der Waals surface area (Å²) in [7, 11) is -2.34. The number of rotatable bonds is 6. The molecule has 0 bridgehead atoms. The molecule has 0 saturated heterocycles. The molecule has 0 spiro atoms. The van der Waals surface area contributed by atoms with Crippen LogP contribution in [-0.4, -0.2) is 4.89 Å². The predicted octanol–water partition coefficient (Wildman–Crippen LogP) is 13.2. The smallest absolute Gasteiger partial charge is 0.395 e. The van der Waals surface area contributed by atoms with Gasteiger partial charge in [-0.15, -0.1) is 0 Å². The van der Waals surface area contributed by atoms with Gasteiger partial charge in [-0.25, -0.2) is 0 Å². The lowest BCUT2D eigenvalue weighted by Crippen LogP contribution is -2.24. The van der Waals surface area contributed by atoms with Crippen LogP contribution in [0.4, 0.5) is 0 Å². The van der Waals surface area contributed by atoms with Crippen molar-refractivity contribution in [1.29, 1.82) is 0 Å². The lowest BCUT2D eigenvalue weighted by Gasteiger charge is -2.35. The van der Waals surface area contributed by atoms with Crippen molar-refractivity contribution in [2.75, 3.05) is 0 Å². The van der Waals surface area contributed by atoms with Crippen molar-refractivity contribution < 1.29 is 13.9 Å². The Hall–Kier alpha value is -2.19. The summed E-state index contributed by atoms with van der Waals surface area (Å²) >= 11 is 0. The number of benzene rings is 3. The highest BCUT2D eigenvalue weighted by molar-refractivity contribution is 7.41. The largest absolute Gasteiger partial charge is 0.426 e. The van der Waals surface area contributed by atoms with Crippen LogP contribution in [-0.2, 0) is 37.0 Å². The normalized spacial score (nSPS) is 14.4. The van der Waals surface area contributed by atoms with E-state index in [1.165, 1.54) is 27.8 Å². The van der Waals surface area contributed by atoms with E-state index in [0.29, 0.717) is 0 Å². The molecule has 0 heterocycles. The van der Waals surface area contributed by atoms with Crippen LogP contribution in [0.15, 0.2) is 48.5 Å². The molecule has 0 aliphatic rings. The molecule has 3 rings (SSSR count). The van der Waals surface area contributed by atoms with Crippen LogP contribution in [0.1, 0.15) is 181 Å². The number of aryl methyl sites for hydroxylation is 1. The first-order valence-electron chi connectivity index (χ1n) is 17.7. The lowest BCUT2D eigenvalue weighted by atomic mass is 9.74. The van der Waals surface area contributed by atoms with Crippen molar-refractivity contribution in [3.05, 3.63) is 98.6 Å². The van der Waals surface area contributed by atoms with Crippen LogP contribution in [0.25, 0.3) is 0 Å². The van der Waals surface area contributed by atoms with Gasteiger partial charge in [-0.2, -0.15) is 0 Å². The lowest BCUT2D eigenvalue weighted by molar-refractivity contribution is 0.203. The zero-order valence-electron chi connectivity index (χ0n) is 33.9. The van der Waals surface area contributed by atoms with Crippen LogP contribution in [0, 0.1) is 6.92 Å². The van der Waals surface area contributed by atoms with Gasteiger partial charge in [0.05, 0.1) is 0 Å². The van der Waals surface area contributed by atoms with Crippen LogP contribution in [0.2, 0.25) is 0 Å². The van der Waals surface area contributed by atoms with Crippen LogP contribution < -0.4 is 4.52 Å². The summed E-state index contributed by atoms with van der Waals surface area (Å²) < 4.78 is 13.6. The molecule has 48 heavy (non-hydrogen) atoms. The zero-order chi connectivity index (χ0) is 37.0. The second-order valence-corrected chi connectivity index (χ2v) is 21.0. The van der Waals surface area contributed by atoms with Gasteiger partial charge in [-0.05, 0) is 72.8 Å². The van der Waals surface area contributed by atoms with E-state index < -0.39 is 14.7 Å². The monoisotopic (exact) mass is 674 g/mol. The zero-order valence-corrected chi connectivity index (χ0v) is 34.8. The van der Waals surface area contributed by atoms with E-state index in [-0.39, 0.29) is 32.5 Å². The third kappa shape index (κ3) is 9.53. The summed E-state index contributed by atoms with van der Waals surface area (Å²) in [6.45, 7) is 42.4. The topological polar surface area (TPSA) is 38.7 Å². The van der Waals surface area contributed by atoms with Gasteiger partial charge in [0.1, 0.15) is 11.9 Å². The van der Waals surface area contributed by atoms with Crippen molar-refractivity contribution in [3.8, 4) is 5.75 Å². The van der Waals surface area contributed by atoms with Gasteiger partial charge in [0.2, 0.25) is 0 Å². The van der Waals surface area contributed by atoms with Crippen molar-refractivity contribution in [1.82, 2.24) is 0 Å². The molecule has 0 saturated carbocycles. The Bertz CT molecular complexity index is 1480. The Kier molecular flexibility index (Phi) is 11.3. The predicted molar refractivity (Wildman–Crippen MR) is 209 cm³/mol. The Morgan fingerprint density at radius 1 is 0.479 bits per heavy atom. The van der Waals surface area contributed by atoms with E-state index in [1.54, 1.807) is 0 Å². The van der Waals surface area contributed by atoms with Gasteiger partial charge >= 0.3 is 8.60 Å². The van der Waals surface area contributed by atoms with Gasteiger partial charge in [0.25, 0.3) is 0 Å². The summed E-state index contributed by atoms with van der Waals surface area (Å²) in [5, 5.41) is 0.